The van der Waals surface area contributed by atoms with Crippen LogP contribution in [0.2, 0.25) is 0 Å². The van der Waals surface area contributed by atoms with E-state index in [1.165, 1.54) is 161 Å². The molecule has 0 saturated carbocycles. The highest BCUT2D eigenvalue weighted by Gasteiger charge is 2.19. The van der Waals surface area contributed by atoms with Crippen molar-refractivity contribution in [2.75, 3.05) is 5.32 Å². The average Bonchev–Trinajstić information content (AvgIpc) is 3.08. The highest BCUT2D eigenvalue weighted by Crippen LogP contribution is 2.28. The van der Waals surface area contributed by atoms with Crippen LogP contribution in [0, 0.1) is 0 Å². The van der Waals surface area contributed by atoms with Gasteiger partial charge in [0.25, 0.3) is 0 Å². The van der Waals surface area contributed by atoms with Crippen molar-refractivity contribution in [2.24, 2.45) is 5.73 Å². The highest BCUT2D eigenvalue weighted by atomic mass is 16.3. The zero-order valence-electron chi connectivity index (χ0n) is 31.8. The molecule has 0 fully saturated rings. The van der Waals surface area contributed by atoms with Crippen LogP contribution >= 0.6 is 0 Å². The Kier molecular flexibility index (Phi) is 29.7. The molecule has 0 aliphatic rings. The topological polar surface area (TPSA) is 92.4 Å². The van der Waals surface area contributed by atoms with Crippen molar-refractivity contribution in [3.63, 3.8) is 0 Å². The van der Waals surface area contributed by atoms with Crippen molar-refractivity contribution in [2.45, 2.75) is 225 Å². The van der Waals surface area contributed by atoms with E-state index < -0.39 is 0 Å². The van der Waals surface area contributed by atoms with Crippen molar-refractivity contribution < 1.29 is 14.7 Å². The minimum Gasteiger partial charge on any atom is -0.392 e. The van der Waals surface area contributed by atoms with Gasteiger partial charge in [-0.3, -0.25) is 9.59 Å². The van der Waals surface area contributed by atoms with Crippen molar-refractivity contribution >= 4 is 17.5 Å². The summed E-state index contributed by atoms with van der Waals surface area (Å²) in [4.78, 5) is 25.0. The molecule has 0 aliphatic heterocycles. The van der Waals surface area contributed by atoms with E-state index >= 15 is 0 Å². The predicted octanol–water partition coefficient (Wildman–Crippen LogP) is 12.8. The fourth-order valence-corrected chi connectivity index (χ4v) is 6.97. The van der Waals surface area contributed by atoms with E-state index in [-0.39, 0.29) is 24.3 Å². The molecule has 0 aliphatic carbocycles. The SMILES string of the molecule is CCCCCCCCCCCCCCCCCC(=O)Nc1ccc(C(CCCCCCCCCCCCCCCC)C(N)=O)cc1CO. The van der Waals surface area contributed by atoms with Gasteiger partial charge in [0.15, 0.2) is 0 Å². The first-order valence-electron chi connectivity index (χ1n) is 20.9. The van der Waals surface area contributed by atoms with Crippen molar-refractivity contribution in [3.05, 3.63) is 29.3 Å². The molecule has 5 nitrogen and oxygen atoms in total. The second-order valence-corrected chi connectivity index (χ2v) is 14.7. The summed E-state index contributed by atoms with van der Waals surface area (Å²) in [5, 5.41) is 13.0. The fourth-order valence-electron chi connectivity index (χ4n) is 6.97. The Morgan fingerprint density at radius 2 is 0.958 bits per heavy atom. The Labute approximate surface area is 297 Å². The Bertz CT molecular complexity index is 902. The van der Waals surface area contributed by atoms with Gasteiger partial charge in [0.2, 0.25) is 11.8 Å². The minimum absolute atomic E-state index is 0.0130. The van der Waals surface area contributed by atoms with Gasteiger partial charge in [0.1, 0.15) is 0 Å². The van der Waals surface area contributed by atoms with Gasteiger partial charge in [-0.2, -0.15) is 0 Å². The van der Waals surface area contributed by atoms with Gasteiger partial charge in [-0.05, 0) is 24.5 Å². The lowest BCUT2D eigenvalue weighted by Crippen LogP contribution is -2.22. The number of aliphatic hydroxyl groups excluding tert-OH is 1. The summed E-state index contributed by atoms with van der Waals surface area (Å²) in [6, 6.07) is 5.57. The number of aliphatic hydroxyl groups is 1. The largest absolute Gasteiger partial charge is 0.392 e. The molecule has 0 heterocycles. The number of carbonyl (C=O) groups is 2. The number of rotatable bonds is 35. The quantitative estimate of drug-likeness (QED) is 0.0627. The van der Waals surface area contributed by atoms with Crippen LogP contribution in [0.25, 0.3) is 0 Å². The molecule has 0 saturated heterocycles. The maximum atomic E-state index is 12.6. The third-order valence-electron chi connectivity index (χ3n) is 10.2. The number of benzene rings is 1. The van der Waals surface area contributed by atoms with Gasteiger partial charge in [-0.1, -0.05) is 206 Å². The number of nitrogens with two attached hydrogens (primary N) is 1. The van der Waals surface area contributed by atoms with E-state index in [9.17, 15) is 14.7 Å². The van der Waals surface area contributed by atoms with E-state index in [1.807, 2.05) is 18.2 Å². The standard InChI is InChI=1S/C43H78N2O3/c1-3-5-7-9-11-13-15-17-19-21-23-25-27-29-31-33-42(47)45-41-35-34-38(36-39(41)37-46)40(43(44)48)32-30-28-26-24-22-20-18-16-14-12-10-8-6-4-2/h34-36,40,46H,3-33,37H2,1-2H3,(H2,44,48)(H,45,47). The van der Waals surface area contributed by atoms with Gasteiger partial charge in [0, 0.05) is 17.7 Å². The average molecular weight is 671 g/mol. The summed E-state index contributed by atoms with van der Waals surface area (Å²) in [5.41, 5.74) is 7.92. The fraction of sp³-hybridized carbons (Fsp3) is 0.814. The molecular formula is C43H78N2O3. The smallest absolute Gasteiger partial charge is 0.224 e. The molecule has 48 heavy (non-hydrogen) atoms. The molecule has 0 radical (unpaired) electrons. The monoisotopic (exact) mass is 671 g/mol. The Morgan fingerprint density at radius 3 is 1.33 bits per heavy atom. The zero-order chi connectivity index (χ0) is 34.9. The summed E-state index contributed by atoms with van der Waals surface area (Å²) in [6.45, 7) is 4.36. The Morgan fingerprint density at radius 1 is 0.583 bits per heavy atom. The lowest BCUT2D eigenvalue weighted by molar-refractivity contribution is -0.119. The van der Waals surface area contributed by atoms with Crippen LogP contribution in [0.3, 0.4) is 0 Å². The first-order valence-corrected chi connectivity index (χ1v) is 20.9. The second kappa shape index (κ2) is 32.3. The van der Waals surface area contributed by atoms with Gasteiger partial charge >= 0.3 is 0 Å². The number of anilines is 1. The lowest BCUT2D eigenvalue weighted by atomic mass is 9.90. The Hall–Kier alpha value is -1.88. The Balaban J connectivity index is 2.19. The van der Waals surface area contributed by atoms with E-state index in [0.29, 0.717) is 17.7 Å². The van der Waals surface area contributed by atoms with E-state index in [1.54, 1.807) is 0 Å². The maximum absolute atomic E-state index is 12.6. The summed E-state index contributed by atoms with van der Waals surface area (Å²) in [7, 11) is 0. The van der Waals surface area contributed by atoms with Crippen LogP contribution in [-0.2, 0) is 16.2 Å². The summed E-state index contributed by atoms with van der Waals surface area (Å²) >= 11 is 0. The molecule has 0 bridgehead atoms. The lowest BCUT2D eigenvalue weighted by Gasteiger charge is -2.17. The molecule has 1 unspecified atom stereocenters. The van der Waals surface area contributed by atoms with E-state index in [4.69, 9.17) is 5.73 Å². The number of carbonyl (C=O) groups excluding carboxylic acids is 2. The molecule has 1 atom stereocenters. The highest BCUT2D eigenvalue weighted by molar-refractivity contribution is 5.91. The van der Waals surface area contributed by atoms with Crippen LogP contribution in [0.1, 0.15) is 230 Å². The number of unbranched alkanes of at least 4 members (excludes halogenated alkanes) is 27. The molecule has 1 rings (SSSR count). The third-order valence-corrected chi connectivity index (χ3v) is 10.2. The summed E-state index contributed by atoms with van der Waals surface area (Å²) in [5.74, 6) is -0.697. The molecule has 0 aromatic heterocycles. The predicted molar refractivity (Wildman–Crippen MR) is 207 cm³/mol. The van der Waals surface area contributed by atoms with Crippen LogP contribution in [-0.4, -0.2) is 16.9 Å². The van der Waals surface area contributed by atoms with E-state index in [2.05, 4.69) is 19.2 Å². The number of nitrogens with one attached hydrogen (secondary N) is 1. The normalized spacial score (nSPS) is 12.0. The van der Waals surface area contributed by atoms with Crippen molar-refractivity contribution in [1.82, 2.24) is 0 Å². The third kappa shape index (κ3) is 24.3. The first kappa shape index (κ1) is 44.1. The molecule has 278 valence electrons. The van der Waals surface area contributed by atoms with Crippen LogP contribution in [0.15, 0.2) is 18.2 Å². The van der Waals surface area contributed by atoms with Gasteiger partial charge in [0.05, 0.1) is 12.5 Å². The number of primary amides is 1. The summed E-state index contributed by atoms with van der Waals surface area (Å²) in [6.07, 6.45) is 39.0. The van der Waals surface area contributed by atoms with Gasteiger partial charge in [-0.15, -0.1) is 0 Å². The zero-order valence-corrected chi connectivity index (χ0v) is 31.8. The number of amides is 2. The molecule has 2 amide bonds. The second-order valence-electron chi connectivity index (χ2n) is 14.7. The minimum atomic E-state index is -0.363. The van der Waals surface area contributed by atoms with Crippen molar-refractivity contribution in [1.29, 1.82) is 0 Å². The van der Waals surface area contributed by atoms with Crippen LogP contribution in [0.5, 0.6) is 0 Å². The molecular weight excluding hydrogens is 592 g/mol. The van der Waals surface area contributed by atoms with E-state index in [0.717, 1.165) is 37.7 Å². The van der Waals surface area contributed by atoms with Crippen LogP contribution < -0.4 is 11.1 Å². The number of hydrogen-bond donors (Lipinski definition) is 3. The molecule has 1 aromatic rings. The van der Waals surface area contributed by atoms with Gasteiger partial charge in [-0.25, -0.2) is 0 Å². The van der Waals surface area contributed by atoms with Crippen LogP contribution in [0.4, 0.5) is 5.69 Å². The summed E-state index contributed by atoms with van der Waals surface area (Å²) < 4.78 is 0. The first-order chi connectivity index (χ1) is 23.5. The van der Waals surface area contributed by atoms with Gasteiger partial charge < -0.3 is 16.2 Å². The molecule has 0 spiro atoms. The molecule has 4 N–H and O–H groups in total. The molecule has 5 heteroatoms. The maximum Gasteiger partial charge on any atom is 0.224 e. The number of hydrogen-bond acceptors (Lipinski definition) is 3. The molecule has 1 aromatic carbocycles. The van der Waals surface area contributed by atoms with Crippen molar-refractivity contribution in [3.8, 4) is 0 Å².